The molecule has 10 heteroatoms. The number of nitrogens with one attached hydrogen (secondary N) is 2. The van der Waals surface area contributed by atoms with Crippen molar-refractivity contribution in [3.05, 3.63) is 81.7 Å². The Morgan fingerprint density at radius 3 is 2.21 bits per heavy atom. The fraction of sp³-hybridized carbons (Fsp3) is 0.357. The Bertz CT molecular complexity index is 1310. The van der Waals surface area contributed by atoms with Gasteiger partial charge < -0.3 is 19.9 Å². The standard InChI is InChI=1S/C28H37N5O4S/c1-7-32-15-17-33(18-16-32)24-13-11-23(12-14-24)27(34)30-22(4)19-25(28(29-5)37-6)38(35,36)31-26-20(2)9-8-10-21(26)3/h8-14,19,31H,5,7,15-18H2,1-4,6H3,(H,30,34)/b22-19+,28-25-. The topological polar surface area (TPSA) is 103 Å². The van der Waals surface area contributed by atoms with Gasteiger partial charge in [0.2, 0.25) is 5.88 Å². The molecule has 1 heterocycles. The highest BCUT2D eigenvalue weighted by Gasteiger charge is 2.24. The number of piperazine rings is 1. The van der Waals surface area contributed by atoms with E-state index in [1.165, 1.54) is 13.2 Å². The summed E-state index contributed by atoms with van der Waals surface area (Å²) in [5, 5.41) is 2.76. The number of nitrogens with zero attached hydrogens (tertiary/aromatic N) is 3. The summed E-state index contributed by atoms with van der Waals surface area (Å²) in [6, 6.07) is 12.9. The van der Waals surface area contributed by atoms with Crippen molar-refractivity contribution in [3.8, 4) is 0 Å². The van der Waals surface area contributed by atoms with Gasteiger partial charge in [0.15, 0.2) is 4.91 Å². The molecule has 0 unspecified atom stereocenters. The Hall–Kier alpha value is -3.63. The molecule has 0 saturated carbocycles. The Labute approximate surface area is 225 Å². The first-order valence-electron chi connectivity index (χ1n) is 12.5. The predicted molar refractivity (Wildman–Crippen MR) is 154 cm³/mol. The molecule has 0 bridgehead atoms. The highest BCUT2D eigenvalue weighted by molar-refractivity contribution is 7.96. The second kappa shape index (κ2) is 12.7. The van der Waals surface area contributed by atoms with Crippen molar-refractivity contribution in [1.29, 1.82) is 0 Å². The van der Waals surface area contributed by atoms with E-state index in [4.69, 9.17) is 4.74 Å². The minimum atomic E-state index is -4.13. The zero-order valence-electron chi connectivity index (χ0n) is 22.7. The summed E-state index contributed by atoms with van der Waals surface area (Å²) >= 11 is 0. The van der Waals surface area contributed by atoms with Crippen LogP contribution in [0.3, 0.4) is 0 Å². The average Bonchev–Trinajstić information content (AvgIpc) is 2.91. The summed E-state index contributed by atoms with van der Waals surface area (Å²) < 4.78 is 34.6. The van der Waals surface area contributed by atoms with E-state index in [0.717, 1.165) is 49.5 Å². The second-order valence-electron chi connectivity index (χ2n) is 9.15. The summed E-state index contributed by atoms with van der Waals surface area (Å²) in [7, 11) is -2.82. The Kier molecular flexibility index (Phi) is 9.71. The lowest BCUT2D eigenvalue weighted by molar-refractivity contribution is 0.0966. The summed E-state index contributed by atoms with van der Waals surface area (Å²) in [6.07, 6.45) is 1.31. The highest BCUT2D eigenvalue weighted by atomic mass is 32.2. The van der Waals surface area contributed by atoms with E-state index in [-0.39, 0.29) is 16.7 Å². The van der Waals surface area contributed by atoms with Crippen LogP contribution in [0, 0.1) is 13.8 Å². The number of carbonyl (C=O) groups excluding carboxylic acids is 1. The first kappa shape index (κ1) is 28.9. The molecule has 2 N–H and O–H groups in total. The van der Waals surface area contributed by atoms with Crippen molar-refractivity contribution >= 4 is 34.0 Å². The van der Waals surface area contributed by atoms with E-state index in [9.17, 15) is 13.2 Å². The molecule has 1 fully saturated rings. The molecule has 38 heavy (non-hydrogen) atoms. The van der Waals surface area contributed by atoms with Gasteiger partial charge in [-0.1, -0.05) is 25.1 Å². The number of anilines is 2. The Morgan fingerprint density at radius 2 is 1.68 bits per heavy atom. The number of likely N-dealkylation sites (N-methyl/N-ethyl adjacent to an activating group) is 1. The first-order valence-corrected chi connectivity index (χ1v) is 14.0. The minimum absolute atomic E-state index is 0.190. The number of hydrogen-bond acceptors (Lipinski definition) is 7. The number of amides is 1. The van der Waals surface area contributed by atoms with Crippen molar-refractivity contribution in [1.82, 2.24) is 10.2 Å². The molecule has 0 aliphatic carbocycles. The highest BCUT2D eigenvalue weighted by Crippen LogP contribution is 2.26. The summed E-state index contributed by atoms with van der Waals surface area (Å²) in [5.74, 6) is -0.545. The predicted octanol–water partition coefficient (Wildman–Crippen LogP) is 4.04. The number of hydrogen-bond donors (Lipinski definition) is 2. The van der Waals surface area contributed by atoms with Gasteiger partial charge in [0.05, 0.1) is 12.8 Å². The van der Waals surface area contributed by atoms with Crippen molar-refractivity contribution in [2.24, 2.45) is 4.99 Å². The number of allylic oxidation sites excluding steroid dienone is 2. The van der Waals surface area contributed by atoms with Crippen molar-refractivity contribution in [2.75, 3.05) is 49.5 Å². The molecule has 204 valence electrons. The van der Waals surface area contributed by atoms with E-state index in [2.05, 4.69) is 38.5 Å². The molecule has 3 rings (SSSR count). The lowest BCUT2D eigenvalue weighted by atomic mass is 10.1. The van der Waals surface area contributed by atoms with Crippen molar-refractivity contribution < 1.29 is 17.9 Å². The lowest BCUT2D eigenvalue weighted by Crippen LogP contribution is -2.46. The maximum absolute atomic E-state index is 13.4. The number of methoxy groups -OCH3 is 1. The van der Waals surface area contributed by atoms with Gasteiger partial charge in [-0.15, -0.1) is 0 Å². The molecule has 1 aliphatic heterocycles. The normalized spacial score (nSPS) is 15.5. The molecular formula is C28H37N5O4S. The van der Waals surface area contributed by atoms with E-state index in [1.54, 1.807) is 19.1 Å². The molecule has 0 atom stereocenters. The smallest absolute Gasteiger partial charge is 0.267 e. The largest absolute Gasteiger partial charge is 0.480 e. The van der Waals surface area contributed by atoms with E-state index in [0.29, 0.717) is 16.9 Å². The number of aryl methyl sites for hydroxylation is 2. The number of aliphatic imine (C=N–C) groups is 1. The van der Waals surface area contributed by atoms with Crippen LogP contribution in [-0.4, -0.2) is 65.8 Å². The lowest BCUT2D eigenvalue weighted by Gasteiger charge is -2.35. The van der Waals surface area contributed by atoms with Gasteiger partial charge in [-0.25, -0.2) is 13.4 Å². The van der Waals surface area contributed by atoms with Gasteiger partial charge in [0, 0.05) is 43.1 Å². The SMILES string of the molecule is C=N/C(OC)=C(\C=C(/C)NC(=O)c1ccc(N2CCN(CC)CC2)cc1)S(=O)(=O)Nc1c(C)cccc1C. The van der Waals surface area contributed by atoms with Crippen LogP contribution in [0.25, 0.3) is 0 Å². The molecule has 0 aromatic heterocycles. The number of ether oxygens (including phenoxy) is 1. The molecule has 2 aromatic rings. The van der Waals surface area contributed by atoms with Gasteiger partial charge in [-0.2, -0.15) is 0 Å². The third-order valence-corrected chi connectivity index (χ3v) is 7.87. The van der Waals surface area contributed by atoms with Crippen LogP contribution in [0.4, 0.5) is 11.4 Å². The van der Waals surface area contributed by atoms with E-state index < -0.39 is 10.0 Å². The van der Waals surface area contributed by atoms with E-state index in [1.807, 2.05) is 44.2 Å². The van der Waals surface area contributed by atoms with Crippen LogP contribution in [0.1, 0.15) is 35.3 Å². The van der Waals surface area contributed by atoms with Crippen LogP contribution < -0.4 is 14.9 Å². The molecule has 1 saturated heterocycles. The van der Waals surface area contributed by atoms with Gasteiger partial charge in [0.1, 0.15) is 0 Å². The van der Waals surface area contributed by atoms with Gasteiger partial charge in [-0.05, 0) is 75.5 Å². The summed E-state index contributed by atoms with van der Waals surface area (Å²) in [4.78, 5) is 21.1. The number of rotatable bonds is 10. The minimum Gasteiger partial charge on any atom is -0.480 e. The molecule has 1 amide bonds. The van der Waals surface area contributed by atoms with E-state index >= 15 is 0 Å². The fourth-order valence-corrected chi connectivity index (χ4v) is 5.70. The van der Waals surface area contributed by atoms with Gasteiger partial charge in [-0.3, -0.25) is 9.52 Å². The van der Waals surface area contributed by atoms with Crippen LogP contribution in [0.2, 0.25) is 0 Å². The Balaban J connectivity index is 1.79. The van der Waals surface area contributed by atoms with Crippen molar-refractivity contribution in [2.45, 2.75) is 27.7 Å². The average molecular weight is 540 g/mol. The quantitative estimate of drug-likeness (QED) is 0.268. The second-order valence-corrected chi connectivity index (χ2v) is 10.8. The van der Waals surface area contributed by atoms with Crippen LogP contribution in [0.5, 0.6) is 0 Å². The number of para-hydroxylation sites is 1. The monoisotopic (exact) mass is 539 g/mol. The molecule has 2 aromatic carbocycles. The fourth-order valence-electron chi connectivity index (χ4n) is 4.29. The Morgan fingerprint density at radius 1 is 1.08 bits per heavy atom. The van der Waals surface area contributed by atoms with Crippen molar-refractivity contribution in [3.63, 3.8) is 0 Å². The number of carbonyl (C=O) groups is 1. The zero-order valence-corrected chi connectivity index (χ0v) is 23.6. The molecular weight excluding hydrogens is 502 g/mol. The molecule has 0 spiro atoms. The first-order chi connectivity index (χ1) is 18.1. The third kappa shape index (κ3) is 7.02. The summed E-state index contributed by atoms with van der Waals surface area (Å²) in [6.45, 7) is 15.8. The maximum atomic E-state index is 13.4. The molecule has 1 aliphatic rings. The number of sulfonamides is 1. The molecule has 9 nitrogen and oxygen atoms in total. The number of benzene rings is 2. The zero-order chi connectivity index (χ0) is 27.9. The van der Waals surface area contributed by atoms with Crippen LogP contribution in [0.15, 0.2) is 70.0 Å². The van der Waals surface area contributed by atoms with Gasteiger partial charge >= 0.3 is 0 Å². The third-order valence-electron chi connectivity index (χ3n) is 6.53. The van der Waals surface area contributed by atoms with Gasteiger partial charge in [0.25, 0.3) is 15.9 Å². The maximum Gasteiger partial charge on any atom is 0.267 e. The summed E-state index contributed by atoms with van der Waals surface area (Å²) in [5.41, 5.74) is 3.83. The van der Waals surface area contributed by atoms with Crippen LogP contribution in [-0.2, 0) is 14.8 Å². The van der Waals surface area contributed by atoms with Crippen LogP contribution >= 0.6 is 0 Å². The molecule has 0 radical (unpaired) electrons.